The van der Waals surface area contributed by atoms with Crippen molar-refractivity contribution in [3.8, 4) is 22.5 Å². The standard InChI is InChI=1S/2C34H22N3.C5H8O2.Ir/c2*1-3-11-25(12-4-1)37(26-13-5-2-6-14-26)27-21-19-24(20-22-27)32-23-35-33-30-17-9-7-15-28(30)29-16-8-10-18-31(29)34(33)36-32;1-4(6)3-5(2)7;/h2*1-16,18-23H;3,6H,1-2H3;/q2*-1;;. The molecule has 0 saturated carbocycles. The number of carbonyl (C=O) groups excluding carboxylic acids is 1. The molecule has 0 saturated heterocycles. The smallest absolute Gasteiger partial charge is 0.155 e. The Balaban J connectivity index is 0.000000153. The van der Waals surface area contributed by atoms with E-state index in [2.05, 4.69) is 228 Å². The normalized spacial score (nSPS) is 11.1. The molecule has 14 aromatic rings. The monoisotopic (exact) mass is 1240 g/mol. The molecule has 0 amide bonds. The first-order valence-electron chi connectivity index (χ1n) is 26.7. The fourth-order valence-electron chi connectivity index (χ4n) is 10.4. The van der Waals surface area contributed by atoms with Crippen molar-refractivity contribution in [2.45, 2.75) is 13.8 Å². The van der Waals surface area contributed by atoms with Gasteiger partial charge in [0.05, 0.1) is 28.2 Å². The third-order valence-electron chi connectivity index (χ3n) is 14.0. The molecule has 2 aromatic heterocycles. The summed E-state index contributed by atoms with van der Waals surface area (Å²) in [6, 6.07) is 94.6. The van der Waals surface area contributed by atoms with E-state index < -0.39 is 0 Å². The summed E-state index contributed by atoms with van der Waals surface area (Å²) in [7, 11) is 0. The van der Waals surface area contributed by atoms with Gasteiger partial charge in [-0.2, -0.15) is 0 Å². The van der Waals surface area contributed by atoms with Crippen molar-refractivity contribution in [1.82, 2.24) is 19.9 Å². The fraction of sp³-hybridized carbons (Fsp3) is 0.0274. The Hall–Kier alpha value is -10.2. The minimum Gasteiger partial charge on any atom is -0.512 e. The van der Waals surface area contributed by atoms with Crippen LogP contribution >= 0.6 is 0 Å². The van der Waals surface area contributed by atoms with Crippen LogP contribution in [0.25, 0.3) is 87.7 Å². The number of anilines is 6. The summed E-state index contributed by atoms with van der Waals surface area (Å²) >= 11 is 0. The number of hydrogen-bond donors (Lipinski definition) is 1. The van der Waals surface area contributed by atoms with Crippen molar-refractivity contribution in [3.05, 3.63) is 291 Å². The van der Waals surface area contributed by atoms with Gasteiger partial charge in [-0.15, -0.1) is 59.3 Å². The molecule has 12 aromatic carbocycles. The first-order valence-corrected chi connectivity index (χ1v) is 26.7. The number of allylic oxidation sites excluding steroid dienone is 2. The topological polar surface area (TPSA) is 95.3 Å². The summed E-state index contributed by atoms with van der Waals surface area (Å²) in [5.74, 6) is -0.0625. The van der Waals surface area contributed by atoms with Crippen LogP contribution < -0.4 is 9.80 Å². The number of aliphatic hydroxyl groups is 1. The van der Waals surface area contributed by atoms with Crippen molar-refractivity contribution in [2.24, 2.45) is 0 Å². The number of aromatic nitrogens is 4. The van der Waals surface area contributed by atoms with Crippen LogP contribution in [0.2, 0.25) is 0 Å². The van der Waals surface area contributed by atoms with E-state index in [4.69, 9.17) is 25.0 Å². The zero-order chi connectivity index (χ0) is 55.1. The molecule has 1 radical (unpaired) electrons. The van der Waals surface area contributed by atoms with Gasteiger partial charge in [0.25, 0.3) is 0 Å². The van der Waals surface area contributed by atoms with Gasteiger partial charge in [0.2, 0.25) is 0 Å². The molecular formula is C73H52IrN6O2-2. The summed E-state index contributed by atoms with van der Waals surface area (Å²) in [6.07, 6.45) is 4.91. The number of ketones is 1. The van der Waals surface area contributed by atoms with E-state index in [-0.39, 0.29) is 31.6 Å². The van der Waals surface area contributed by atoms with Crippen LogP contribution in [-0.2, 0) is 24.9 Å². The van der Waals surface area contributed by atoms with Gasteiger partial charge < -0.3 is 24.9 Å². The molecule has 397 valence electrons. The van der Waals surface area contributed by atoms with Gasteiger partial charge in [-0.3, -0.25) is 14.8 Å². The Kier molecular flexibility index (Phi) is 16.0. The van der Waals surface area contributed by atoms with Gasteiger partial charge in [-0.1, -0.05) is 167 Å². The van der Waals surface area contributed by atoms with E-state index in [1.807, 2.05) is 60.9 Å². The number of hydrogen-bond acceptors (Lipinski definition) is 8. The van der Waals surface area contributed by atoms with Crippen molar-refractivity contribution >= 4 is 105 Å². The van der Waals surface area contributed by atoms with Gasteiger partial charge in [0.1, 0.15) is 0 Å². The van der Waals surface area contributed by atoms with E-state index in [1.54, 1.807) is 0 Å². The molecule has 9 heteroatoms. The largest absolute Gasteiger partial charge is 0.512 e. The molecule has 2 heterocycles. The second-order valence-corrected chi connectivity index (χ2v) is 19.4. The van der Waals surface area contributed by atoms with Crippen molar-refractivity contribution < 1.29 is 30.0 Å². The molecule has 82 heavy (non-hydrogen) atoms. The second-order valence-electron chi connectivity index (χ2n) is 19.4. The number of carbonyl (C=O) groups is 1. The maximum absolute atomic E-state index is 10.0. The zero-order valence-corrected chi connectivity index (χ0v) is 47.2. The number of para-hydroxylation sites is 4. The van der Waals surface area contributed by atoms with Gasteiger partial charge in [-0.05, 0) is 97.4 Å². The predicted octanol–water partition coefficient (Wildman–Crippen LogP) is 18.8. The van der Waals surface area contributed by atoms with E-state index in [0.717, 1.165) is 111 Å². The molecule has 0 aliphatic rings. The molecule has 14 rings (SSSR count). The molecule has 0 atom stereocenters. The summed E-state index contributed by atoms with van der Waals surface area (Å²) in [5, 5.41) is 17.2. The minimum absolute atomic E-state index is 0. The SMILES string of the molecule is CC(=O)C=C(C)O.[Ir].[c-]1cccc2c1c1ncc(-c3ccc(N(c4ccccc4)c4ccccc4)cc3)nc1c1ccccc21.[c-]1cccc2c1c1ncc(-c3ccc(N(c4ccccc4)c4ccccc4)cc3)nc1c1ccccc21. The number of fused-ring (bicyclic) bond motifs is 12. The molecule has 0 fully saturated rings. The molecule has 0 spiro atoms. The van der Waals surface area contributed by atoms with Gasteiger partial charge in [0.15, 0.2) is 5.78 Å². The number of nitrogens with zero attached hydrogens (tertiary/aromatic N) is 6. The van der Waals surface area contributed by atoms with Crippen molar-refractivity contribution in [3.63, 3.8) is 0 Å². The Labute approximate surface area is 489 Å². The summed E-state index contributed by atoms with van der Waals surface area (Å²) in [4.78, 5) is 34.5. The Bertz CT molecular complexity index is 4130. The average Bonchev–Trinajstić information content (AvgIpc) is 3.70. The first-order chi connectivity index (χ1) is 39.9. The van der Waals surface area contributed by atoms with Crippen LogP contribution in [0.4, 0.5) is 34.1 Å². The van der Waals surface area contributed by atoms with E-state index >= 15 is 0 Å². The molecule has 0 aliphatic heterocycles. The first kappa shape index (κ1) is 53.8. The minimum atomic E-state index is -0.125. The van der Waals surface area contributed by atoms with Gasteiger partial charge in [-0.25, -0.2) is 0 Å². The summed E-state index contributed by atoms with van der Waals surface area (Å²) < 4.78 is 0. The molecule has 0 bridgehead atoms. The third-order valence-corrected chi connectivity index (χ3v) is 14.0. The second kappa shape index (κ2) is 24.5. The van der Waals surface area contributed by atoms with E-state index in [0.29, 0.717) is 0 Å². The Morgan fingerprint density at radius 3 is 1.00 bits per heavy atom. The molecule has 0 aliphatic carbocycles. The third kappa shape index (κ3) is 11.2. The predicted molar refractivity (Wildman–Crippen MR) is 334 cm³/mol. The maximum atomic E-state index is 10.0. The number of rotatable bonds is 9. The van der Waals surface area contributed by atoms with Gasteiger partial charge in [0, 0.05) is 94.9 Å². The summed E-state index contributed by atoms with van der Waals surface area (Å²) in [5.41, 5.74) is 14.0. The van der Waals surface area contributed by atoms with E-state index in [9.17, 15) is 4.79 Å². The van der Waals surface area contributed by atoms with Crippen LogP contribution in [0.5, 0.6) is 0 Å². The van der Waals surface area contributed by atoms with Crippen LogP contribution in [0, 0.1) is 12.1 Å². The van der Waals surface area contributed by atoms with Crippen LogP contribution in [0.3, 0.4) is 0 Å². The quantitative estimate of drug-likeness (QED) is 0.0661. The average molecular weight is 1240 g/mol. The number of benzene rings is 12. The van der Waals surface area contributed by atoms with Crippen LogP contribution in [-0.4, -0.2) is 30.8 Å². The van der Waals surface area contributed by atoms with E-state index in [1.165, 1.54) is 30.7 Å². The van der Waals surface area contributed by atoms with Crippen LogP contribution in [0.1, 0.15) is 13.8 Å². The maximum Gasteiger partial charge on any atom is 0.155 e. The van der Waals surface area contributed by atoms with Crippen molar-refractivity contribution in [1.29, 1.82) is 0 Å². The van der Waals surface area contributed by atoms with Gasteiger partial charge >= 0.3 is 0 Å². The number of aliphatic hydroxyl groups excluding tert-OH is 1. The fourth-order valence-corrected chi connectivity index (χ4v) is 10.4. The van der Waals surface area contributed by atoms with Crippen LogP contribution in [0.15, 0.2) is 279 Å². The summed E-state index contributed by atoms with van der Waals surface area (Å²) in [6.45, 7) is 2.85. The van der Waals surface area contributed by atoms with Crippen molar-refractivity contribution in [2.75, 3.05) is 9.80 Å². The zero-order valence-electron chi connectivity index (χ0n) is 44.9. The molecular weight excluding hydrogens is 1190 g/mol. The Morgan fingerprint density at radius 1 is 0.378 bits per heavy atom. The molecule has 1 N–H and O–H groups in total. The molecule has 0 unspecified atom stereocenters. The molecule has 8 nitrogen and oxygen atoms in total. The Morgan fingerprint density at radius 2 is 0.683 bits per heavy atom.